The Kier molecular flexibility index (Phi) is 2.97. The summed E-state index contributed by atoms with van der Waals surface area (Å²) in [6.07, 6.45) is 4.10. The van der Waals surface area contributed by atoms with Gasteiger partial charge in [-0.3, -0.25) is 0 Å². The van der Waals surface area contributed by atoms with Crippen molar-refractivity contribution in [2.45, 2.75) is 27.3 Å². The molecule has 0 saturated heterocycles. The van der Waals surface area contributed by atoms with Gasteiger partial charge in [0.2, 0.25) is 0 Å². The summed E-state index contributed by atoms with van der Waals surface area (Å²) in [4.78, 5) is 4.53. The Hall–Kier alpha value is -1.35. The molecular formula is C13H19N3. The molecule has 0 amide bonds. The summed E-state index contributed by atoms with van der Waals surface area (Å²) in [7, 11) is 0. The van der Waals surface area contributed by atoms with Gasteiger partial charge in [0.15, 0.2) is 0 Å². The largest absolute Gasteiger partial charge is 0.311 e. The Morgan fingerprint density at radius 2 is 2.12 bits per heavy atom. The molecule has 3 nitrogen and oxygen atoms in total. The third-order valence-electron chi connectivity index (χ3n) is 2.38. The molecule has 0 atom stereocenters. The Balaban J connectivity index is 2.00. The third kappa shape index (κ3) is 2.83. The smallest absolute Gasteiger partial charge is 0.137 e. The first-order chi connectivity index (χ1) is 7.54. The maximum atomic E-state index is 4.53. The molecule has 3 heteroatoms. The van der Waals surface area contributed by atoms with Crippen molar-refractivity contribution < 1.29 is 0 Å². The van der Waals surface area contributed by atoms with Crippen LogP contribution in [0.1, 0.15) is 26.5 Å². The van der Waals surface area contributed by atoms with Crippen LogP contribution in [-0.2, 0) is 6.54 Å². The van der Waals surface area contributed by atoms with Crippen molar-refractivity contribution in [1.29, 1.82) is 0 Å². The predicted octanol–water partition coefficient (Wildman–Crippen LogP) is 2.47. The molecule has 0 aliphatic heterocycles. The van der Waals surface area contributed by atoms with Crippen LogP contribution >= 0.6 is 0 Å². The van der Waals surface area contributed by atoms with Gasteiger partial charge >= 0.3 is 0 Å². The zero-order valence-corrected chi connectivity index (χ0v) is 10.2. The number of rotatable bonds is 3. The molecule has 0 aromatic carbocycles. The number of nitrogens with zero attached hydrogens (tertiary/aromatic N) is 2. The lowest BCUT2D eigenvalue weighted by atomic mass is 9.97. The quantitative estimate of drug-likeness (QED) is 0.855. The molecule has 1 N–H and O–H groups in total. The van der Waals surface area contributed by atoms with Crippen molar-refractivity contribution >= 4 is 5.65 Å². The van der Waals surface area contributed by atoms with E-state index >= 15 is 0 Å². The van der Waals surface area contributed by atoms with Crippen LogP contribution < -0.4 is 5.32 Å². The average Bonchev–Trinajstić information content (AvgIpc) is 2.57. The molecule has 0 spiro atoms. The lowest BCUT2D eigenvalue weighted by Gasteiger charge is -2.18. The molecule has 0 unspecified atom stereocenters. The molecule has 16 heavy (non-hydrogen) atoms. The standard InChI is InChI=1S/C13H19N3/c1-13(2,3)10-14-8-11-9-16-7-5-4-6-12(16)15-11/h4-7,9,14H,8,10H2,1-3H3. The molecule has 0 radical (unpaired) electrons. The topological polar surface area (TPSA) is 29.3 Å². The molecule has 0 bridgehead atoms. The number of fused-ring (bicyclic) bond motifs is 1. The van der Waals surface area contributed by atoms with Gasteiger partial charge in [-0.1, -0.05) is 26.8 Å². The van der Waals surface area contributed by atoms with E-state index in [0.717, 1.165) is 24.4 Å². The van der Waals surface area contributed by atoms with Crippen LogP contribution in [0.3, 0.4) is 0 Å². The first-order valence-electron chi connectivity index (χ1n) is 5.68. The summed E-state index contributed by atoms with van der Waals surface area (Å²) in [6, 6.07) is 6.04. The fourth-order valence-corrected chi connectivity index (χ4v) is 1.64. The van der Waals surface area contributed by atoms with Crippen molar-refractivity contribution in [3.63, 3.8) is 0 Å². The van der Waals surface area contributed by atoms with Crippen LogP contribution in [-0.4, -0.2) is 15.9 Å². The number of hydrogen-bond donors (Lipinski definition) is 1. The van der Waals surface area contributed by atoms with Crippen molar-refractivity contribution in [2.24, 2.45) is 5.41 Å². The van der Waals surface area contributed by atoms with Gasteiger partial charge < -0.3 is 9.72 Å². The van der Waals surface area contributed by atoms with Gasteiger partial charge in [-0.2, -0.15) is 0 Å². The predicted molar refractivity (Wildman–Crippen MR) is 66.4 cm³/mol. The van der Waals surface area contributed by atoms with E-state index in [1.807, 2.05) is 28.8 Å². The Labute approximate surface area is 96.5 Å². The minimum absolute atomic E-state index is 0.319. The molecule has 0 aliphatic carbocycles. The number of imidazole rings is 1. The van der Waals surface area contributed by atoms with E-state index in [1.54, 1.807) is 0 Å². The first-order valence-corrected chi connectivity index (χ1v) is 5.68. The minimum Gasteiger partial charge on any atom is -0.311 e. The van der Waals surface area contributed by atoms with Crippen molar-refractivity contribution in [3.8, 4) is 0 Å². The van der Waals surface area contributed by atoms with Crippen molar-refractivity contribution in [1.82, 2.24) is 14.7 Å². The van der Waals surface area contributed by atoms with E-state index in [4.69, 9.17) is 0 Å². The monoisotopic (exact) mass is 217 g/mol. The molecule has 0 fully saturated rings. The maximum Gasteiger partial charge on any atom is 0.137 e. The second-order valence-electron chi connectivity index (χ2n) is 5.36. The second kappa shape index (κ2) is 4.26. The van der Waals surface area contributed by atoms with Gasteiger partial charge in [-0.25, -0.2) is 4.98 Å². The summed E-state index contributed by atoms with van der Waals surface area (Å²) in [5.74, 6) is 0. The van der Waals surface area contributed by atoms with Crippen LogP contribution in [0.4, 0.5) is 0 Å². The van der Waals surface area contributed by atoms with E-state index < -0.39 is 0 Å². The van der Waals surface area contributed by atoms with Crippen LogP contribution in [0, 0.1) is 5.41 Å². The minimum atomic E-state index is 0.319. The molecule has 2 rings (SSSR count). The second-order valence-corrected chi connectivity index (χ2v) is 5.36. The lowest BCUT2D eigenvalue weighted by molar-refractivity contribution is 0.378. The number of hydrogen-bond acceptors (Lipinski definition) is 2. The van der Waals surface area contributed by atoms with E-state index in [-0.39, 0.29) is 0 Å². The molecular weight excluding hydrogens is 198 g/mol. The van der Waals surface area contributed by atoms with E-state index in [2.05, 4.69) is 37.3 Å². The van der Waals surface area contributed by atoms with E-state index in [1.165, 1.54) is 0 Å². The Morgan fingerprint density at radius 3 is 2.81 bits per heavy atom. The Morgan fingerprint density at radius 1 is 1.31 bits per heavy atom. The third-order valence-corrected chi connectivity index (χ3v) is 2.38. The van der Waals surface area contributed by atoms with Crippen LogP contribution in [0.5, 0.6) is 0 Å². The summed E-state index contributed by atoms with van der Waals surface area (Å²) in [5, 5.41) is 3.43. The molecule has 0 aliphatic rings. The zero-order valence-electron chi connectivity index (χ0n) is 10.2. The molecule has 0 saturated carbocycles. The van der Waals surface area contributed by atoms with Gasteiger partial charge in [0.25, 0.3) is 0 Å². The van der Waals surface area contributed by atoms with Gasteiger partial charge in [-0.15, -0.1) is 0 Å². The van der Waals surface area contributed by atoms with E-state index in [9.17, 15) is 0 Å². The number of aromatic nitrogens is 2. The van der Waals surface area contributed by atoms with Crippen LogP contribution in [0.2, 0.25) is 0 Å². The van der Waals surface area contributed by atoms with E-state index in [0.29, 0.717) is 5.41 Å². The highest BCUT2D eigenvalue weighted by molar-refractivity contribution is 5.39. The number of pyridine rings is 1. The van der Waals surface area contributed by atoms with Gasteiger partial charge in [0.1, 0.15) is 5.65 Å². The summed E-state index contributed by atoms with van der Waals surface area (Å²) in [5.41, 5.74) is 2.42. The molecule has 2 heterocycles. The average molecular weight is 217 g/mol. The molecule has 86 valence electrons. The first kappa shape index (κ1) is 11.1. The summed E-state index contributed by atoms with van der Waals surface area (Å²) in [6.45, 7) is 8.51. The van der Waals surface area contributed by atoms with Gasteiger partial charge in [0.05, 0.1) is 5.69 Å². The maximum absolute atomic E-state index is 4.53. The summed E-state index contributed by atoms with van der Waals surface area (Å²) < 4.78 is 2.05. The lowest BCUT2D eigenvalue weighted by Crippen LogP contribution is -2.26. The Bertz CT molecular complexity index is 432. The fraction of sp³-hybridized carbons (Fsp3) is 0.462. The van der Waals surface area contributed by atoms with Crippen molar-refractivity contribution in [3.05, 3.63) is 36.3 Å². The zero-order chi connectivity index (χ0) is 11.6. The van der Waals surface area contributed by atoms with Gasteiger partial charge in [0, 0.05) is 25.5 Å². The molecule has 2 aromatic rings. The van der Waals surface area contributed by atoms with Crippen molar-refractivity contribution in [2.75, 3.05) is 6.54 Å². The fourth-order valence-electron chi connectivity index (χ4n) is 1.64. The molecule has 2 aromatic heterocycles. The van der Waals surface area contributed by atoms with Crippen LogP contribution in [0.15, 0.2) is 30.6 Å². The SMILES string of the molecule is CC(C)(C)CNCc1cn2ccccc2n1. The van der Waals surface area contributed by atoms with Gasteiger partial charge in [-0.05, 0) is 17.5 Å². The normalized spacial score (nSPS) is 12.2. The van der Waals surface area contributed by atoms with Crippen LogP contribution in [0.25, 0.3) is 5.65 Å². The number of nitrogens with one attached hydrogen (secondary N) is 1. The highest BCUT2D eigenvalue weighted by Crippen LogP contribution is 2.11. The highest BCUT2D eigenvalue weighted by Gasteiger charge is 2.09. The summed E-state index contributed by atoms with van der Waals surface area (Å²) >= 11 is 0. The highest BCUT2D eigenvalue weighted by atomic mass is 15.0.